The second-order valence-electron chi connectivity index (χ2n) is 12.1. The number of pyridine rings is 1. The summed E-state index contributed by atoms with van der Waals surface area (Å²) < 4.78 is 35.1. The van der Waals surface area contributed by atoms with Crippen LogP contribution in [-0.4, -0.2) is 79.5 Å². The van der Waals surface area contributed by atoms with Crippen LogP contribution < -0.4 is 10.2 Å². The van der Waals surface area contributed by atoms with Crippen molar-refractivity contribution in [3.05, 3.63) is 42.2 Å². The van der Waals surface area contributed by atoms with Gasteiger partial charge in [0.25, 0.3) is 0 Å². The highest BCUT2D eigenvalue weighted by atomic mass is 32.1. The predicted molar refractivity (Wildman–Crippen MR) is 163 cm³/mol. The first-order valence-corrected chi connectivity index (χ1v) is 15.4. The van der Waals surface area contributed by atoms with Crippen LogP contribution in [0.15, 0.2) is 36.7 Å². The van der Waals surface area contributed by atoms with Gasteiger partial charge in [0.15, 0.2) is 5.01 Å². The summed E-state index contributed by atoms with van der Waals surface area (Å²) >= 11 is 1.42. The Labute approximate surface area is 257 Å². The van der Waals surface area contributed by atoms with Crippen molar-refractivity contribution in [3.63, 3.8) is 0 Å². The van der Waals surface area contributed by atoms with Crippen molar-refractivity contribution >= 4 is 33.8 Å². The van der Waals surface area contributed by atoms with Crippen molar-refractivity contribution in [2.45, 2.75) is 64.0 Å². The topological polar surface area (TPSA) is 125 Å². The Hall–Kier alpha value is -4.38. The predicted octanol–water partition coefficient (Wildman–Crippen LogP) is 5.83. The summed E-state index contributed by atoms with van der Waals surface area (Å²) in [6, 6.07) is 9.37. The SMILES string of the molecule is CC(C)(C)OC(=O)N1CCN(c2nnc(-c3cnc(-c4ccc5cc(C#N)cnn45)cc3NC3CCC(F)(F)CC3)s2)CC1. The molecule has 1 aliphatic heterocycles. The Morgan fingerprint density at radius 2 is 1.86 bits per heavy atom. The van der Waals surface area contributed by atoms with Crippen molar-refractivity contribution in [1.82, 2.24) is 29.7 Å². The number of piperazine rings is 1. The second kappa shape index (κ2) is 11.6. The molecule has 4 aromatic heterocycles. The smallest absolute Gasteiger partial charge is 0.410 e. The zero-order valence-corrected chi connectivity index (χ0v) is 25.6. The Morgan fingerprint density at radius 1 is 1.11 bits per heavy atom. The molecule has 2 aliphatic rings. The number of nitrogens with zero attached hydrogens (tertiary/aromatic N) is 8. The van der Waals surface area contributed by atoms with E-state index in [-0.39, 0.29) is 25.0 Å². The Bertz CT molecular complexity index is 1710. The molecule has 1 saturated carbocycles. The van der Waals surface area contributed by atoms with Gasteiger partial charge in [-0.2, -0.15) is 10.4 Å². The van der Waals surface area contributed by atoms with Crippen LogP contribution in [0.5, 0.6) is 0 Å². The largest absolute Gasteiger partial charge is 0.444 e. The van der Waals surface area contributed by atoms with Crippen molar-refractivity contribution < 1.29 is 18.3 Å². The summed E-state index contributed by atoms with van der Waals surface area (Å²) in [5, 5.41) is 27.4. The molecule has 2 fully saturated rings. The van der Waals surface area contributed by atoms with E-state index in [0.717, 1.165) is 27.6 Å². The standard InChI is InChI=1S/C30H33F2N9O2S/c1-29(2,3)43-28(42)40-12-10-39(11-13-40)27-38-37-26(44-27)22-18-34-24(15-23(22)36-20-6-8-30(31,32)9-7-20)25-5-4-21-14-19(16-33)17-35-41(21)25/h4-5,14-15,17-18,20H,6-13H2,1-3H3,(H,34,36). The highest BCUT2D eigenvalue weighted by Crippen LogP contribution is 2.39. The molecule has 1 N–H and O–H groups in total. The minimum Gasteiger partial charge on any atom is -0.444 e. The summed E-state index contributed by atoms with van der Waals surface area (Å²) in [6.07, 6.45) is 3.27. The minimum absolute atomic E-state index is 0.127. The first-order valence-electron chi connectivity index (χ1n) is 14.6. The zero-order valence-electron chi connectivity index (χ0n) is 24.8. The second-order valence-corrected chi connectivity index (χ2v) is 13.1. The molecule has 44 heavy (non-hydrogen) atoms. The van der Waals surface area contributed by atoms with E-state index in [4.69, 9.17) is 9.72 Å². The van der Waals surface area contributed by atoms with Crippen LogP contribution in [0.3, 0.4) is 0 Å². The quantitative estimate of drug-likeness (QED) is 0.293. The number of alkyl halides is 2. The molecule has 0 bridgehead atoms. The molecule has 6 rings (SSSR count). The third-order valence-corrected chi connectivity index (χ3v) is 8.74. The fourth-order valence-electron chi connectivity index (χ4n) is 5.40. The molecule has 4 aromatic rings. The van der Waals surface area contributed by atoms with Gasteiger partial charge in [0, 0.05) is 56.9 Å². The van der Waals surface area contributed by atoms with E-state index in [0.29, 0.717) is 55.3 Å². The van der Waals surface area contributed by atoms with Crippen molar-refractivity contribution in [2.75, 3.05) is 36.4 Å². The summed E-state index contributed by atoms with van der Waals surface area (Å²) in [7, 11) is 0. The van der Waals surface area contributed by atoms with E-state index in [1.165, 1.54) is 17.5 Å². The molecule has 1 saturated heterocycles. The molecule has 1 aliphatic carbocycles. The molecule has 5 heterocycles. The average Bonchev–Trinajstić information content (AvgIpc) is 3.65. The maximum atomic E-state index is 13.9. The number of carbonyl (C=O) groups is 1. The van der Waals surface area contributed by atoms with E-state index < -0.39 is 11.5 Å². The van der Waals surface area contributed by atoms with Gasteiger partial charge in [0.2, 0.25) is 11.1 Å². The number of halogens is 2. The van der Waals surface area contributed by atoms with Gasteiger partial charge >= 0.3 is 6.09 Å². The van der Waals surface area contributed by atoms with Crippen molar-refractivity contribution in [3.8, 4) is 28.0 Å². The first kappa shape index (κ1) is 29.7. The van der Waals surface area contributed by atoms with Gasteiger partial charge in [-0.25, -0.2) is 18.1 Å². The number of ether oxygens (including phenoxy) is 1. The number of nitrogens with one attached hydrogen (secondary N) is 1. The van der Waals surface area contributed by atoms with Gasteiger partial charge in [-0.3, -0.25) is 4.98 Å². The third kappa shape index (κ3) is 6.42. The fraction of sp³-hybridized carbons (Fsp3) is 0.467. The number of nitriles is 1. The van der Waals surface area contributed by atoms with Crippen LogP contribution in [0, 0.1) is 11.3 Å². The maximum absolute atomic E-state index is 13.9. The van der Waals surface area contributed by atoms with Crippen LogP contribution in [0.4, 0.5) is 24.4 Å². The molecular weight excluding hydrogens is 588 g/mol. The Morgan fingerprint density at radius 3 is 2.57 bits per heavy atom. The molecular formula is C30H33F2N9O2S. The Kier molecular flexibility index (Phi) is 7.83. The van der Waals surface area contributed by atoms with Gasteiger partial charge in [-0.05, 0) is 57.9 Å². The van der Waals surface area contributed by atoms with Gasteiger partial charge < -0.3 is 19.9 Å². The van der Waals surface area contributed by atoms with Crippen molar-refractivity contribution in [1.29, 1.82) is 5.26 Å². The van der Waals surface area contributed by atoms with Crippen LogP contribution in [0.2, 0.25) is 0 Å². The number of hydrogen-bond donors (Lipinski definition) is 1. The maximum Gasteiger partial charge on any atom is 0.410 e. The number of fused-ring (bicyclic) bond motifs is 1. The number of rotatable bonds is 5. The van der Waals surface area contributed by atoms with E-state index in [2.05, 4.69) is 31.6 Å². The highest BCUT2D eigenvalue weighted by molar-refractivity contribution is 7.18. The highest BCUT2D eigenvalue weighted by Gasteiger charge is 2.35. The normalized spacial score (nSPS) is 17.5. The van der Waals surface area contributed by atoms with Crippen LogP contribution in [-0.2, 0) is 4.74 Å². The molecule has 0 radical (unpaired) electrons. The van der Waals surface area contributed by atoms with E-state index >= 15 is 0 Å². The van der Waals surface area contributed by atoms with E-state index in [1.54, 1.807) is 21.7 Å². The lowest BCUT2D eigenvalue weighted by molar-refractivity contribution is -0.0360. The molecule has 0 spiro atoms. The fourth-order valence-corrected chi connectivity index (χ4v) is 6.32. The first-order chi connectivity index (χ1) is 21.0. The van der Waals surface area contributed by atoms with Gasteiger partial charge in [-0.15, -0.1) is 10.2 Å². The van der Waals surface area contributed by atoms with E-state index in [1.807, 2.05) is 39.0 Å². The molecule has 1 amide bonds. The van der Waals surface area contributed by atoms with Gasteiger partial charge in [0.1, 0.15) is 11.7 Å². The lowest BCUT2D eigenvalue weighted by Crippen LogP contribution is -2.50. The molecule has 0 unspecified atom stereocenters. The lowest BCUT2D eigenvalue weighted by Gasteiger charge is -2.35. The molecule has 0 aromatic carbocycles. The molecule has 14 heteroatoms. The third-order valence-electron chi connectivity index (χ3n) is 7.72. The lowest BCUT2D eigenvalue weighted by atomic mass is 9.92. The number of carbonyl (C=O) groups excluding carboxylic acids is 1. The zero-order chi connectivity index (χ0) is 31.1. The molecule has 11 nitrogen and oxygen atoms in total. The summed E-state index contributed by atoms with van der Waals surface area (Å²) in [5.74, 6) is -2.63. The average molecular weight is 622 g/mol. The van der Waals surface area contributed by atoms with Gasteiger partial charge in [-0.1, -0.05) is 11.3 Å². The minimum atomic E-state index is -2.63. The summed E-state index contributed by atoms with van der Waals surface area (Å²) in [4.78, 5) is 21.0. The number of amides is 1. The van der Waals surface area contributed by atoms with Crippen LogP contribution >= 0.6 is 11.3 Å². The Balaban J connectivity index is 1.26. The van der Waals surface area contributed by atoms with Crippen LogP contribution in [0.25, 0.3) is 27.5 Å². The monoisotopic (exact) mass is 621 g/mol. The van der Waals surface area contributed by atoms with E-state index in [9.17, 15) is 18.8 Å². The van der Waals surface area contributed by atoms with Gasteiger partial charge in [0.05, 0.1) is 34.2 Å². The molecule has 0 atom stereocenters. The van der Waals surface area contributed by atoms with Crippen molar-refractivity contribution in [2.24, 2.45) is 0 Å². The number of anilines is 2. The number of hydrogen-bond acceptors (Lipinski definition) is 10. The molecule has 230 valence electrons. The van der Waals surface area contributed by atoms with Crippen LogP contribution in [0.1, 0.15) is 52.0 Å². The summed E-state index contributed by atoms with van der Waals surface area (Å²) in [5.41, 5.74) is 3.49. The summed E-state index contributed by atoms with van der Waals surface area (Å²) in [6.45, 7) is 7.74. The number of aromatic nitrogens is 5.